The Kier molecular flexibility index (Phi) is 4.71. The SMILES string of the molecule is CC(C)C(=O)NC(=S)Nc1ccc(Cl)cc1. The van der Waals surface area contributed by atoms with E-state index in [9.17, 15) is 4.79 Å². The van der Waals surface area contributed by atoms with Crippen LogP contribution in [0.4, 0.5) is 5.69 Å². The third-order valence-electron chi connectivity index (χ3n) is 1.86. The Hall–Kier alpha value is -1.13. The molecule has 5 heteroatoms. The number of hydrogen-bond donors (Lipinski definition) is 2. The van der Waals surface area contributed by atoms with Crippen molar-refractivity contribution in [2.75, 3.05) is 5.32 Å². The molecule has 0 unspecified atom stereocenters. The first-order valence-corrected chi connectivity index (χ1v) is 5.65. The van der Waals surface area contributed by atoms with Gasteiger partial charge in [-0.1, -0.05) is 25.4 Å². The van der Waals surface area contributed by atoms with Crippen LogP contribution in [0.2, 0.25) is 5.02 Å². The third-order valence-corrected chi connectivity index (χ3v) is 2.32. The summed E-state index contributed by atoms with van der Waals surface area (Å²) in [6.07, 6.45) is 0. The Morgan fingerprint density at radius 1 is 1.31 bits per heavy atom. The van der Waals surface area contributed by atoms with Gasteiger partial charge in [-0.25, -0.2) is 0 Å². The van der Waals surface area contributed by atoms with E-state index < -0.39 is 0 Å². The zero-order valence-corrected chi connectivity index (χ0v) is 10.7. The molecule has 0 aliphatic rings. The van der Waals surface area contributed by atoms with E-state index in [0.717, 1.165) is 5.69 Å². The van der Waals surface area contributed by atoms with Crippen molar-refractivity contribution < 1.29 is 4.79 Å². The number of amides is 1. The van der Waals surface area contributed by atoms with Gasteiger partial charge < -0.3 is 10.6 Å². The molecule has 0 aromatic heterocycles. The number of hydrogen-bond acceptors (Lipinski definition) is 2. The Morgan fingerprint density at radius 2 is 1.88 bits per heavy atom. The number of benzene rings is 1. The summed E-state index contributed by atoms with van der Waals surface area (Å²) in [7, 11) is 0. The highest BCUT2D eigenvalue weighted by molar-refractivity contribution is 7.80. The second-order valence-electron chi connectivity index (χ2n) is 3.60. The first kappa shape index (κ1) is 12.9. The minimum Gasteiger partial charge on any atom is -0.332 e. The van der Waals surface area contributed by atoms with Gasteiger partial charge >= 0.3 is 0 Å². The van der Waals surface area contributed by atoms with E-state index in [1.807, 2.05) is 0 Å². The fourth-order valence-corrected chi connectivity index (χ4v) is 1.30. The fourth-order valence-electron chi connectivity index (χ4n) is 0.952. The molecule has 16 heavy (non-hydrogen) atoms. The monoisotopic (exact) mass is 256 g/mol. The molecule has 0 saturated carbocycles. The topological polar surface area (TPSA) is 41.1 Å². The van der Waals surface area contributed by atoms with Crippen LogP contribution in [0.3, 0.4) is 0 Å². The summed E-state index contributed by atoms with van der Waals surface area (Å²) in [5.41, 5.74) is 0.790. The van der Waals surface area contributed by atoms with Crippen LogP contribution in [0.5, 0.6) is 0 Å². The van der Waals surface area contributed by atoms with Crippen LogP contribution in [-0.2, 0) is 4.79 Å². The smallest absolute Gasteiger partial charge is 0.228 e. The zero-order chi connectivity index (χ0) is 12.1. The molecule has 1 amide bonds. The third kappa shape index (κ3) is 4.16. The van der Waals surface area contributed by atoms with E-state index in [1.165, 1.54) is 0 Å². The number of halogens is 1. The van der Waals surface area contributed by atoms with Crippen molar-refractivity contribution in [1.29, 1.82) is 0 Å². The van der Waals surface area contributed by atoms with Crippen molar-refractivity contribution in [2.45, 2.75) is 13.8 Å². The molecule has 0 aliphatic heterocycles. The quantitative estimate of drug-likeness (QED) is 0.800. The Balaban J connectivity index is 2.52. The minimum absolute atomic E-state index is 0.0926. The van der Waals surface area contributed by atoms with Gasteiger partial charge in [0.15, 0.2) is 5.11 Å². The molecular weight excluding hydrogens is 244 g/mol. The van der Waals surface area contributed by atoms with Gasteiger partial charge in [0.25, 0.3) is 0 Å². The molecule has 0 fully saturated rings. The van der Waals surface area contributed by atoms with Crippen LogP contribution in [0.15, 0.2) is 24.3 Å². The molecule has 86 valence electrons. The van der Waals surface area contributed by atoms with E-state index in [0.29, 0.717) is 10.1 Å². The van der Waals surface area contributed by atoms with Gasteiger partial charge in [0.1, 0.15) is 0 Å². The van der Waals surface area contributed by atoms with Crippen molar-refractivity contribution in [3.8, 4) is 0 Å². The van der Waals surface area contributed by atoms with Crippen LogP contribution < -0.4 is 10.6 Å². The van der Waals surface area contributed by atoms with Crippen molar-refractivity contribution in [3.05, 3.63) is 29.3 Å². The lowest BCUT2D eigenvalue weighted by molar-refractivity contribution is -0.122. The molecule has 0 heterocycles. The van der Waals surface area contributed by atoms with E-state index >= 15 is 0 Å². The number of carbonyl (C=O) groups excluding carboxylic acids is 1. The van der Waals surface area contributed by atoms with Crippen LogP contribution in [-0.4, -0.2) is 11.0 Å². The highest BCUT2D eigenvalue weighted by Gasteiger charge is 2.08. The van der Waals surface area contributed by atoms with Gasteiger partial charge in [0.05, 0.1) is 0 Å². The molecule has 1 aromatic carbocycles. The van der Waals surface area contributed by atoms with Crippen molar-refractivity contribution in [2.24, 2.45) is 5.92 Å². The molecule has 1 rings (SSSR count). The summed E-state index contributed by atoms with van der Waals surface area (Å²) in [6.45, 7) is 3.61. The maximum Gasteiger partial charge on any atom is 0.228 e. The summed E-state index contributed by atoms with van der Waals surface area (Å²) in [5.74, 6) is -0.198. The first-order valence-electron chi connectivity index (χ1n) is 4.86. The van der Waals surface area contributed by atoms with Gasteiger partial charge in [0, 0.05) is 16.6 Å². The minimum atomic E-state index is -0.105. The van der Waals surface area contributed by atoms with Crippen molar-refractivity contribution in [1.82, 2.24) is 5.32 Å². The molecule has 3 nitrogen and oxygen atoms in total. The molecule has 0 radical (unpaired) electrons. The number of thiocarbonyl (C=S) groups is 1. The van der Waals surface area contributed by atoms with E-state index in [-0.39, 0.29) is 11.8 Å². The normalized spacial score (nSPS) is 10.0. The number of anilines is 1. The maximum atomic E-state index is 11.3. The first-order chi connectivity index (χ1) is 7.49. The largest absolute Gasteiger partial charge is 0.332 e. The van der Waals surface area contributed by atoms with Gasteiger partial charge in [-0.15, -0.1) is 0 Å². The summed E-state index contributed by atoms with van der Waals surface area (Å²) >= 11 is 10.7. The molecular formula is C11H13ClN2OS. The summed E-state index contributed by atoms with van der Waals surface area (Å²) in [5, 5.41) is 6.43. The van der Waals surface area contributed by atoms with Crippen LogP contribution in [0, 0.1) is 5.92 Å². The van der Waals surface area contributed by atoms with Gasteiger partial charge in [-0.2, -0.15) is 0 Å². The van der Waals surface area contributed by atoms with Gasteiger partial charge in [-0.3, -0.25) is 4.79 Å². The highest BCUT2D eigenvalue weighted by Crippen LogP contribution is 2.13. The Bertz CT molecular complexity index is 389. The molecule has 0 spiro atoms. The lowest BCUT2D eigenvalue weighted by Gasteiger charge is -2.10. The molecule has 0 bridgehead atoms. The van der Waals surface area contributed by atoms with E-state index in [1.54, 1.807) is 38.1 Å². The number of carbonyl (C=O) groups is 1. The molecule has 0 aliphatic carbocycles. The van der Waals surface area contributed by atoms with E-state index in [4.69, 9.17) is 23.8 Å². The standard InChI is InChI=1S/C11H13ClN2OS/c1-7(2)10(15)14-11(16)13-9-5-3-8(12)4-6-9/h3-7H,1-2H3,(H2,13,14,15,16). The molecule has 1 aromatic rings. The van der Waals surface area contributed by atoms with Crippen molar-refractivity contribution >= 4 is 40.5 Å². The fraction of sp³-hybridized carbons (Fsp3) is 0.273. The van der Waals surface area contributed by atoms with Crippen LogP contribution in [0.25, 0.3) is 0 Å². The summed E-state index contributed by atoms with van der Waals surface area (Å²) < 4.78 is 0. The average Bonchev–Trinajstić information content (AvgIpc) is 2.21. The van der Waals surface area contributed by atoms with Crippen molar-refractivity contribution in [3.63, 3.8) is 0 Å². The van der Waals surface area contributed by atoms with Crippen LogP contribution in [0.1, 0.15) is 13.8 Å². The van der Waals surface area contributed by atoms with Crippen LogP contribution >= 0.6 is 23.8 Å². The summed E-state index contributed by atoms with van der Waals surface area (Å²) in [4.78, 5) is 11.3. The predicted molar refractivity (Wildman–Crippen MR) is 70.7 cm³/mol. The second-order valence-corrected chi connectivity index (χ2v) is 4.45. The lowest BCUT2D eigenvalue weighted by atomic mass is 10.2. The van der Waals surface area contributed by atoms with Gasteiger partial charge in [-0.05, 0) is 36.5 Å². The highest BCUT2D eigenvalue weighted by atomic mass is 35.5. The average molecular weight is 257 g/mol. The molecule has 0 saturated heterocycles. The van der Waals surface area contributed by atoms with Gasteiger partial charge in [0.2, 0.25) is 5.91 Å². The Labute approximate surface area is 105 Å². The number of nitrogens with one attached hydrogen (secondary N) is 2. The Morgan fingerprint density at radius 3 is 2.38 bits per heavy atom. The molecule has 0 atom stereocenters. The zero-order valence-electron chi connectivity index (χ0n) is 9.08. The van der Waals surface area contributed by atoms with E-state index in [2.05, 4.69) is 10.6 Å². The number of rotatable bonds is 2. The summed E-state index contributed by atoms with van der Waals surface area (Å²) in [6, 6.07) is 7.07. The predicted octanol–water partition coefficient (Wildman–Crippen LogP) is 2.81. The molecule has 2 N–H and O–H groups in total. The second kappa shape index (κ2) is 5.82. The maximum absolute atomic E-state index is 11.3. The lowest BCUT2D eigenvalue weighted by Crippen LogP contribution is -2.36.